The van der Waals surface area contributed by atoms with Crippen LogP contribution >= 0.6 is 0 Å². The summed E-state index contributed by atoms with van der Waals surface area (Å²) in [6.45, 7) is 5.49. The fraction of sp³-hybridized carbons (Fsp3) is 0.640. The van der Waals surface area contributed by atoms with Crippen LogP contribution < -0.4 is 15.4 Å². The molecule has 1 fully saturated rings. The molecule has 0 spiro atoms. The molecule has 12 nitrogen and oxygen atoms in total. The van der Waals surface area contributed by atoms with Gasteiger partial charge in [-0.2, -0.15) is 0 Å². The lowest BCUT2D eigenvalue weighted by Crippen LogP contribution is -2.51. The number of aliphatic hydroxyl groups is 1. The Balaban J connectivity index is 1.85. The first kappa shape index (κ1) is 30.0. The van der Waals surface area contributed by atoms with Crippen LogP contribution in [0.3, 0.4) is 0 Å². The van der Waals surface area contributed by atoms with Crippen molar-refractivity contribution in [2.45, 2.75) is 77.5 Å². The molecule has 0 aromatic heterocycles. The minimum Gasteiger partial charge on any atom is -0.490 e. The van der Waals surface area contributed by atoms with E-state index in [0.29, 0.717) is 55.8 Å². The fourth-order valence-corrected chi connectivity index (χ4v) is 4.40. The molecule has 0 aliphatic heterocycles. The van der Waals surface area contributed by atoms with Gasteiger partial charge in [0.05, 0.1) is 11.6 Å². The van der Waals surface area contributed by atoms with Crippen molar-refractivity contribution in [3.8, 4) is 5.75 Å². The molecule has 1 aromatic carbocycles. The number of ketones is 1. The molecular weight excluding hydrogens is 484 g/mol. The third-order valence-corrected chi connectivity index (χ3v) is 6.15. The van der Waals surface area contributed by atoms with Gasteiger partial charge in [0.25, 0.3) is 5.09 Å². The van der Waals surface area contributed by atoms with E-state index >= 15 is 0 Å². The Morgan fingerprint density at radius 2 is 1.97 bits per heavy atom. The average molecular weight is 523 g/mol. The van der Waals surface area contributed by atoms with Crippen LogP contribution in [0.4, 0.5) is 5.69 Å². The fourth-order valence-electron chi connectivity index (χ4n) is 4.40. The quantitative estimate of drug-likeness (QED) is 0.136. The van der Waals surface area contributed by atoms with Gasteiger partial charge in [-0.1, -0.05) is 19.8 Å². The number of carbonyl (C=O) groups is 3. The van der Waals surface area contributed by atoms with Crippen LogP contribution in [0, 0.1) is 10.1 Å². The molecule has 3 N–H and O–H groups in total. The summed E-state index contributed by atoms with van der Waals surface area (Å²) in [5.41, 5.74) is 0.794. The molecule has 1 aliphatic rings. The topological polar surface area (TPSA) is 160 Å². The summed E-state index contributed by atoms with van der Waals surface area (Å²) in [7, 11) is 0. The van der Waals surface area contributed by atoms with Crippen LogP contribution in [0.25, 0.3) is 0 Å². The monoisotopic (exact) mass is 522 g/mol. The largest absolute Gasteiger partial charge is 0.490 e. The third kappa shape index (κ3) is 9.96. The number of carbonyl (C=O) groups excluding carboxylic acids is 3. The van der Waals surface area contributed by atoms with Crippen LogP contribution in [-0.2, 0) is 14.4 Å². The maximum atomic E-state index is 12.2. The van der Waals surface area contributed by atoms with Crippen molar-refractivity contribution in [2.75, 3.05) is 31.6 Å². The maximum absolute atomic E-state index is 12.2. The molecular formula is C25H38N4O8. The van der Waals surface area contributed by atoms with Gasteiger partial charge in [0.2, 0.25) is 11.8 Å². The summed E-state index contributed by atoms with van der Waals surface area (Å²) < 4.78 is 5.66. The molecule has 206 valence electrons. The highest BCUT2D eigenvalue weighted by molar-refractivity contribution is 5.99. The predicted molar refractivity (Wildman–Crippen MR) is 136 cm³/mol. The second-order valence-corrected chi connectivity index (χ2v) is 9.17. The second-order valence-electron chi connectivity index (χ2n) is 9.17. The number of benzene rings is 1. The molecule has 0 radical (unpaired) electrons. The lowest BCUT2D eigenvalue weighted by atomic mass is 9.91. The zero-order valence-electron chi connectivity index (χ0n) is 21.7. The van der Waals surface area contributed by atoms with E-state index in [0.717, 1.165) is 12.8 Å². The van der Waals surface area contributed by atoms with Crippen LogP contribution in [0.15, 0.2) is 18.2 Å². The highest BCUT2D eigenvalue weighted by atomic mass is 17.0. The Labute approximate surface area is 216 Å². The Morgan fingerprint density at radius 3 is 2.62 bits per heavy atom. The van der Waals surface area contributed by atoms with Gasteiger partial charge in [0.15, 0.2) is 5.78 Å². The SMILES string of the molecule is CCCC(=O)Nc1ccc(OCC(O)CNCCN(C(C)=O)[C@@H]2CCCC[C@H]2O[N+](=O)[O-])c(C(C)=O)c1. The van der Waals surface area contributed by atoms with E-state index in [4.69, 9.17) is 9.57 Å². The van der Waals surface area contributed by atoms with Gasteiger partial charge >= 0.3 is 0 Å². The number of anilines is 1. The summed E-state index contributed by atoms with van der Waals surface area (Å²) in [5, 5.41) is 26.2. The van der Waals surface area contributed by atoms with Crippen molar-refractivity contribution in [1.82, 2.24) is 10.2 Å². The molecule has 37 heavy (non-hydrogen) atoms. The van der Waals surface area contributed by atoms with Crippen LogP contribution in [0.5, 0.6) is 5.75 Å². The molecule has 1 unspecified atom stereocenters. The molecule has 0 saturated heterocycles. The first-order valence-electron chi connectivity index (χ1n) is 12.7. The number of nitrogens with one attached hydrogen (secondary N) is 2. The second kappa shape index (κ2) is 15.1. The van der Waals surface area contributed by atoms with E-state index in [-0.39, 0.29) is 36.8 Å². The number of Topliss-reactive ketones (excluding diaryl/α,β-unsaturated/α-hetero) is 1. The van der Waals surface area contributed by atoms with Gasteiger partial charge < -0.3 is 30.2 Å². The van der Waals surface area contributed by atoms with Crippen molar-refractivity contribution in [1.29, 1.82) is 0 Å². The number of nitrogens with zero attached hydrogens (tertiary/aromatic N) is 2. The molecule has 2 amide bonds. The lowest BCUT2D eigenvalue weighted by Gasteiger charge is -2.38. The summed E-state index contributed by atoms with van der Waals surface area (Å²) >= 11 is 0. The first-order chi connectivity index (χ1) is 17.6. The molecule has 1 aromatic rings. The van der Waals surface area contributed by atoms with Crippen molar-refractivity contribution >= 4 is 23.3 Å². The number of ether oxygens (including phenoxy) is 1. The van der Waals surface area contributed by atoms with E-state index in [2.05, 4.69) is 10.6 Å². The predicted octanol–water partition coefficient (Wildman–Crippen LogP) is 2.33. The number of amides is 2. The Hall–Kier alpha value is -3.25. The van der Waals surface area contributed by atoms with Crippen LogP contribution in [-0.4, -0.2) is 77.2 Å². The van der Waals surface area contributed by atoms with E-state index in [1.165, 1.54) is 13.8 Å². The Kier molecular flexibility index (Phi) is 12.2. The number of hydrogen-bond acceptors (Lipinski definition) is 9. The van der Waals surface area contributed by atoms with Crippen molar-refractivity contribution in [3.05, 3.63) is 33.9 Å². The molecule has 12 heteroatoms. The molecule has 1 aliphatic carbocycles. The molecule has 2 rings (SSSR count). The summed E-state index contributed by atoms with van der Waals surface area (Å²) in [4.78, 5) is 53.4. The van der Waals surface area contributed by atoms with Gasteiger partial charge in [-0.3, -0.25) is 14.4 Å². The minimum absolute atomic E-state index is 0.0768. The Morgan fingerprint density at radius 1 is 1.24 bits per heavy atom. The smallest absolute Gasteiger partial charge is 0.294 e. The van der Waals surface area contributed by atoms with E-state index in [1.807, 2.05) is 6.92 Å². The Bertz CT molecular complexity index is 941. The number of aliphatic hydroxyl groups excluding tert-OH is 1. The van der Waals surface area contributed by atoms with E-state index in [9.17, 15) is 29.6 Å². The molecule has 1 saturated carbocycles. The lowest BCUT2D eigenvalue weighted by molar-refractivity contribution is -0.770. The highest BCUT2D eigenvalue weighted by Crippen LogP contribution is 2.26. The van der Waals surface area contributed by atoms with Gasteiger partial charge in [-0.25, -0.2) is 0 Å². The van der Waals surface area contributed by atoms with Gasteiger partial charge in [-0.15, -0.1) is 10.1 Å². The number of rotatable bonds is 15. The van der Waals surface area contributed by atoms with Crippen LogP contribution in [0.1, 0.15) is 69.7 Å². The zero-order valence-corrected chi connectivity index (χ0v) is 21.7. The normalized spacial score (nSPS) is 17.9. The average Bonchev–Trinajstić information content (AvgIpc) is 2.83. The van der Waals surface area contributed by atoms with E-state index in [1.54, 1.807) is 23.1 Å². The summed E-state index contributed by atoms with van der Waals surface area (Å²) in [6, 6.07) is 4.40. The van der Waals surface area contributed by atoms with Gasteiger partial charge in [0.1, 0.15) is 24.6 Å². The molecule has 3 atom stereocenters. The third-order valence-electron chi connectivity index (χ3n) is 6.15. The van der Waals surface area contributed by atoms with Gasteiger partial charge in [0, 0.05) is 38.7 Å². The van der Waals surface area contributed by atoms with Crippen LogP contribution in [0.2, 0.25) is 0 Å². The minimum atomic E-state index is -0.894. The summed E-state index contributed by atoms with van der Waals surface area (Å²) in [5.74, 6) is -0.266. The molecule has 0 heterocycles. The van der Waals surface area contributed by atoms with Crippen molar-refractivity contribution in [3.63, 3.8) is 0 Å². The maximum Gasteiger partial charge on any atom is 0.294 e. The number of hydrogen-bond donors (Lipinski definition) is 3. The zero-order chi connectivity index (χ0) is 27.4. The standard InChI is InChI=1S/C25H38N4O8/c1-4-7-25(33)27-19-10-11-23(21(14-19)17(2)30)36-16-20(32)15-26-12-13-28(18(3)31)22-8-5-6-9-24(22)37-29(34)35/h10-11,14,20,22,24,26,32H,4-9,12-13,15-16H2,1-3H3,(H,27,33)/t20?,22-,24-/m1/s1. The van der Waals surface area contributed by atoms with E-state index < -0.39 is 17.3 Å². The van der Waals surface area contributed by atoms with Crippen molar-refractivity contribution < 1.29 is 34.2 Å². The van der Waals surface area contributed by atoms with Gasteiger partial charge in [-0.05, 0) is 44.4 Å². The first-order valence-corrected chi connectivity index (χ1v) is 12.7. The molecule has 0 bridgehead atoms. The van der Waals surface area contributed by atoms with Crippen molar-refractivity contribution in [2.24, 2.45) is 0 Å². The highest BCUT2D eigenvalue weighted by Gasteiger charge is 2.34. The summed E-state index contributed by atoms with van der Waals surface area (Å²) in [6.07, 6.45) is 2.38.